The minimum Gasteiger partial charge on any atom is -0.305 e. The number of ketones is 1. The molecule has 1 atom stereocenters. The third-order valence-electron chi connectivity index (χ3n) is 3.42. The topological polar surface area (TPSA) is 20.3 Å². The Morgan fingerprint density at radius 3 is 2.54 bits per heavy atom. The van der Waals surface area contributed by atoms with Gasteiger partial charge in [-0.3, -0.25) is 4.79 Å². The molecule has 0 aromatic carbocycles. The summed E-state index contributed by atoms with van der Waals surface area (Å²) in [5, 5.41) is 0. The van der Waals surface area contributed by atoms with Gasteiger partial charge in [-0.2, -0.15) is 0 Å². The van der Waals surface area contributed by atoms with Crippen molar-refractivity contribution in [3.8, 4) is 0 Å². The van der Waals surface area contributed by atoms with Gasteiger partial charge in [-0.25, -0.2) is 0 Å². The second kappa shape index (κ2) is 3.97. The average Bonchev–Trinajstić information content (AvgIpc) is 2.33. The fourth-order valence-corrected chi connectivity index (χ4v) is 2.79. The largest absolute Gasteiger partial charge is 0.305 e. The molecule has 0 aromatic heterocycles. The Bertz CT molecular complexity index is 207. The number of nitrogens with zero attached hydrogens (tertiary/aromatic N) is 1. The molecule has 1 aliphatic carbocycles. The van der Waals surface area contributed by atoms with E-state index in [2.05, 4.69) is 11.9 Å². The molecule has 1 heterocycles. The fourth-order valence-electron chi connectivity index (χ4n) is 2.79. The second-order valence-corrected chi connectivity index (χ2v) is 4.40. The van der Waals surface area contributed by atoms with Crippen molar-refractivity contribution in [1.82, 2.24) is 4.90 Å². The summed E-state index contributed by atoms with van der Waals surface area (Å²) in [5.74, 6) is 0.536. The normalized spacial score (nSPS) is 35.0. The summed E-state index contributed by atoms with van der Waals surface area (Å²) >= 11 is 0. The molecular weight excluding hydrogens is 186 g/mol. The minimum absolute atomic E-state index is 0. The van der Waals surface area contributed by atoms with E-state index in [0.717, 1.165) is 32.2 Å². The van der Waals surface area contributed by atoms with Gasteiger partial charge in [0.2, 0.25) is 0 Å². The van der Waals surface area contributed by atoms with E-state index < -0.39 is 0 Å². The third kappa shape index (κ3) is 1.89. The zero-order valence-corrected chi connectivity index (χ0v) is 9.03. The lowest BCUT2D eigenvalue weighted by atomic mass is 9.78. The Balaban J connectivity index is 0.000000845. The van der Waals surface area contributed by atoms with Crippen LogP contribution in [-0.4, -0.2) is 30.8 Å². The molecule has 2 rings (SSSR count). The Morgan fingerprint density at radius 1 is 1.31 bits per heavy atom. The monoisotopic (exact) mass is 203 g/mol. The molecule has 0 amide bonds. The van der Waals surface area contributed by atoms with E-state index in [4.69, 9.17) is 0 Å². The van der Waals surface area contributed by atoms with Gasteiger partial charge >= 0.3 is 0 Å². The minimum atomic E-state index is 0. The van der Waals surface area contributed by atoms with Crippen LogP contribution < -0.4 is 0 Å². The van der Waals surface area contributed by atoms with Gasteiger partial charge in [0.05, 0.1) is 0 Å². The van der Waals surface area contributed by atoms with E-state index in [1.807, 2.05) is 0 Å². The predicted octanol–water partition coefficient (Wildman–Crippen LogP) is 1.87. The number of piperidine rings is 1. The van der Waals surface area contributed by atoms with Crippen LogP contribution in [0.5, 0.6) is 0 Å². The Morgan fingerprint density at radius 2 is 2.00 bits per heavy atom. The van der Waals surface area contributed by atoms with Gasteiger partial charge in [-0.1, -0.05) is 0 Å². The van der Waals surface area contributed by atoms with Crippen LogP contribution in [0, 0.1) is 5.41 Å². The molecule has 1 saturated heterocycles. The Kier molecular flexibility index (Phi) is 3.36. The number of halogens is 1. The molecular formula is C10H18ClNO. The van der Waals surface area contributed by atoms with E-state index in [-0.39, 0.29) is 17.8 Å². The summed E-state index contributed by atoms with van der Waals surface area (Å²) in [5.41, 5.74) is 0.0903. The predicted molar refractivity (Wildman–Crippen MR) is 55.3 cm³/mol. The van der Waals surface area contributed by atoms with E-state index in [9.17, 15) is 4.79 Å². The lowest BCUT2D eigenvalue weighted by molar-refractivity contribution is -0.128. The average molecular weight is 204 g/mol. The van der Waals surface area contributed by atoms with Gasteiger partial charge in [0, 0.05) is 18.4 Å². The molecule has 2 nitrogen and oxygen atoms in total. The van der Waals surface area contributed by atoms with Crippen molar-refractivity contribution < 1.29 is 4.79 Å². The Hall–Kier alpha value is -0.0800. The van der Waals surface area contributed by atoms with Gasteiger partial charge in [-0.05, 0) is 39.3 Å². The van der Waals surface area contributed by atoms with Gasteiger partial charge < -0.3 is 4.90 Å². The van der Waals surface area contributed by atoms with Gasteiger partial charge in [0.1, 0.15) is 5.78 Å². The summed E-state index contributed by atoms with van der Waals surface area (Å²) < 4.78 is 0. The van der Waals surface area contributed by atoms with Crippen LogP contribution in [0.3, 0.4) is 0 Å². The quantitative estimate of drug-likeness (QED) is 0.599. The molecule has 0 aromatic rings. The highest BCUT2D eigenvalue weighted by molar-refractivity contribution is 5.87. The van der Waals surface area contributed by atoms with Crippen LogP contribution in [0.4, 0.5) is 0 Å². The van der Waals surface area contributed by atoms with Crippen molar-refractivity contribution in [3.63, 3.8) is 0 Å². The van der Waals surface area contributed by atoms with E-state index in [1.54, 1.807) is 0 Å². The molecule has 1 aliphatic heterocycles. The zero-order chi connectivity index (χ0) is 8.60. The maximum absolute atomic E-state index is 11.7. The highest BCUT2D eigenvalue weighted by atomic mass is 35.5. The lowest BCUT2D eigenvalue weighted by Gasteiger charge is -2.37. The first-order valence-corrected chi connectivity index (χ1v) is 4.95. The summed E-state index contributed by atoms with van der Waals surface area (Å²) in [6, 6.07) is 0. The van der Waals surface area contributed by atoms with Crippen molar-refractivity contribution in [2.75, 3.05) is 20.1 Å². The van der Waals surface area contributed by atoms with Gasteiger partial charge in [0.15, 0.2) is 0 Å². The highest BCUT2D eigenvalue weighted by Gasteiger charge is 2.43. The van der Waals surface area contributed by atoms with Crippen LogP contribution in [0.1, 0.15) is 32.1 Å². The van der Waals surface area contributed by atoms with Crippen LogP contribution in [0.25, 0.3) is 0 Å². The number of Topliss-reactive ketones (excluding diaryl/α,β-unsaturated/α-hetero) is 1. The molecule has 0 radical (unpaired) electrons. The van der Waals surface area contributed by atoms with Crippen molar-refractivity contribution in [2.24, 2.45) is 5.41 Å². The molecule has 3 heteroatoms. The van der Waals surface area contributed by atoms with E-state index >= 15 is 0 Å². The maximum atomic E-state index is 11.7. The first kappa shape index (κ1) is 11.0. The van der Waals surface area contributed by atoms with Crippen LogP contribution in [-0.2, 0) is 4.79 Å². The van der Waals surface area contributed by atoms with Gasteiger partial charge in [0.25, 0.3) is 0 Å². The van der Waals surface area contributed by atoms with Crippen molar-refractivity contribution in [2.45, 2.75) is 32.1 Å². The van der Waals surface area contributed by atoms with Crippen molar-refractivity contribution in [3.05, 3.63) is 0 Å². The molecule has 2 aliphatic rings. The first-order chi connectivity index (χ1) is 5.73. The summed E-state index contributed by atoms with van der Waals surface area (Å²) in [4.78, 5) is 14.0. The van der Waals surface area contributed by atoms with Crippen molar-refractivity contribution in [1.29, 1.82) is 0 Å². The smallest absolute Gasteiger partial charge is 0.140 e. The molecule has 13 heavy (non-hydrogen) atoms. The van der Waals surface area contributed by atoms with Gasteiger partial charge in [-0.15, -0.1) is 12.4 Å². The summed E-state index contributed by atoms with van der Waals surface area (Å²) in [6.45, 7) is 2.20. The molecule has 0 N–H and O–H groups in total. The fraction of sp³-hybridized carbons (Fsp3) is 0.900. The molecule has 2 fully saturated rings. The number of carbonyl (C=O) groups excluding carboxylic acids is 1. The van der Waals surface area contributed by atoms with Crippen molar-refractivity contribution >= 4 is 18.2 Å². The van der Waals surface area contributed by atoms with E-state index in [0.29, 0.717) is 5.78 Å². The zero-order valence-electron chi connectivity index (χ0n) is 8.21. The first-order valence-electron chi connectivity index (χ1n) is 4.95. The molecule has 0 bridgehead atoms. The summed E-state index contributed by atoms with van der Waals surface area (Å²) in [7, 11) is 2.13. The standard InChI is InChI=1S/C10H17NO.ClH/c1-11-7-3-6-10(8-11)5-2-4-9(10)12;/h2-8H2,1H3;1H. The van der Waals surface area contributed by atoms with Crippen LogP contribution in [0.15, 0.2) is 0 Å². The maximum Gasteiger partial charge on any atom is 0.140 e. The molecule has 76 valence electrons. The number of likely N-dealkylation sites (tertiary alicyclic amines) is 1. The lowest BCUT2D eigenvalue weighted by Crippen LogP contribution is -2.43. The van der Waals surface area contributed by atoms with Crippen LogP contribution >= 0.6 is 12.4 Å². The third-order valence-corrected chi connectivity index (χ3v) is 3.42. The second-order valence-electron chi connectivity index (χ2n) is 4.40. The number of carbonyl (C=O) groups is 1. The highest BCUT2D eigenvalue weighted by Crippen LogP contribution is 2.41. The summed E-state index contributed by atoms with van der Waals surface area (Å²) in [6.07, 6.45) is 5.48. The number of rotatable bonds is 0. The number of hydrogen-bond donors (Lipinski definition) is 0. The number of hydrogen-bond acceptors (Lipinski definition) is 2. The SMILES string of the molecule is CN1CCCC2(CCCC2=O)C1.Cl. The molecule has 1 saturated carbocycles. The van der Waals surface area contributed by atoms with Crippen LogP contribution in [0.2, 0.25) is 0 Å². The molecule has 1 unspecified atom stereocenters. The van der Waals surface area contributed by atoms with E-state index in [1.165, 1.54) is 13.0 Å². The molecule has 1 spiro atoms. The Labute approximate surface area is 86.1 Å².